The highest BCUT2D eigenvalue weighted by atomic mass is 35.5. The molecule has 20 heavy (non-hydrogen) atoms. The van der Waals surface area contributed by atoms with Gasteiger partial charge in [0.05, 0.1) is 22.6 Å². The van der Waals surface area contributed by atoms with Crippen LogP contribution in [-0.2, 0) is 5.88 Å². The fourth-order valence-electron chi connectivity index (χ4n) is 2.36. The van der Waals surface area contributed by atoms with Crippen LogP contribution in [-0.4, -0.2) is 9.55 Å². The summed E-state index contributed by atoms with van der Waals surface area (Å²) >= 11 is 5.89. The van der Waals surface area contributed by atoms with Gasteiger partial charge in [-0.05, 0) is 49.2 Å². The largest absolute Gasteiger partial charge is 0.298 e. The van der Waals surface area contributed by atoms with Crippen LogP contribution in [0.4, 0.5) is 4.39 Å². The van der Waals surface area contributed by atoms with E-state index in [0.717, 1.165) is 16.7 Å². The average Bonchev–Trinajstić information content (AvgIpc) is 2.81. The van der Waals surface area contributed by atoms with Gasteiger partial charge in [-0.25, -0.2) is 9.37 Å². The van der Waals surface area contributed by atoms with Crippen LogP contribution in [0.5, 0.6) is 0 Å². The second kappa shape index (κ2) is 4.91. The number of imidazole rings is 1. The van der Waals surface area contributed by atoms with Crippen molar-refractivity contribution >= 4 is 22.6 Å². The van der Waals surface area contributed by atoms with Gasteiger partial charge in [-0.1, -0.05) is 6.07 Å². The number of nitrogens with zero attached hydrogens (tertiary/aromatic N) is 2. The van der Waals surface area contributed by atoms with Gasteiger partial charge in [-0.15, -0.1) is 11.6 Å². The summed E-state index contributed by atoms with van der Waals surface area (Å²) in [6.07, 6.45) is 1.72. The molecule has 0 amide bonds. The van der Waals surface area contributed by atoms with Gasteiger partial charge in [0.25, 0.3) is 0 Å². The van der Waals surface area contributed by atoms with Gasteiger partial charge in [0.15, 0.2) is 0 Å². The van der Waals surface area contributed by atoms with E-state index in [4.69, 9.17) is 11.6 Å². The summed E-state index contributed by atoms with van der Waals surface area (Å²) in [6, 6.07) is 9.09. The molecule has 0 saturated heterocycles. The molecule has 0 N–H and O–H groups in total. The number of hydrogen-bond donors (Lipinski definition) is 0. The highest BCUT2D eigenvalue weighted by Gasteiger charge is 2.12. The van der Waals surface area contributed by atoms with E-state index in [2.05, 4.69) is 24.9 Å². The van der Waals surface area contributed by atoms with Crippen LogP contribution in [0, 0.1) is 19.7 Å². The molecule has 0 aliphatic carbocycles. The normalized spacial score (nSPS) is 11.2. The number of alkyl halides is 1. The summed E-state index contributed by atoms with van der Waals surface area (Å²) in [4.78, 5) is 4.40. The van der Waals surface area contributed by atoms with Crippen LogP contribution in [0.3, 0.4) is 0 Å². The molecule has 0 saturated carbocycles. The first kappa shape index (κ1) is 13.1. The van der Waals surface area contributed by atoms with Crippen LogP contribution in [0.2, 0.25) is 0 Å². The monoisotopic (exact) mass is 288 g/mol. The van der Waals surface area contributed by atoms with Crippen LogP contribution >= 0.6 is 11.6 Å². The number of rotatable bonds is 2. The molecule has 0 bridgehead atoms. The lowest BCUT2D eigenvalue weighted by molar-refractivity contribution is 0.615. The third kappa shape index (κ3) is 1.98. The second-order valence-corrected chi connectivity index (χ2v) is 5.18. The van der Waals surface area contributed by atoms with Gasteiger partial charge in [0.2, 0.25) is 0 Å². The molecule has 4 heteroatoms. The van der Waals surface area contributed by atoms with Gasteiger partial charge in [-0.3, -0.25) is 4.57 Å². The standard InChI is InChI=1S/C16H14ClFN2/c1-10-6-14-16(7-11(10)2)20(9-19-14)15-5-3-4-13(18)12(15)8-17/h3-7,9H,8H2,1-2H3. The smallest absolute Gasteiger partial charge is 0.129 e. The highest BCUT2D eigenvalue weighted by Crippen LogP contribution is 2.26. The summed E-state index contributed by atoms with van der Waals surface area (Å²) < 4.78 is 15.8. The van der Waals surface area contributed by atoms with Crippen molar-refractivity contribution in [2.24, 2.45) is 0 Å². The lowest BCUT2D eigenvalue weighted by Gasteiger charge is -2.11. The zero-order valence-electron chi connectivity index (χ0n) is 11.3. The van der Waals surface area contributed by atoms with Gasteiger partial charge in [0.1, 0.15) is 12.1 Å². The Bertz CT molecular complexity index is 793. The summed E-state index contributed by atoms with van der Waals surface area (Å²) in [6.45, 7) is 4.11. The van der Waals surface area contributed by atoms with Crippen molar-refractivity contribution in [1.82, 2.24) is 9.55 Å². The predicted octanol–water partition coefficient (Wildman–Crippen LogP) is 4.52. The van der Waals surface area contributed by atoms with E-state index in [1.165, 1.54) is 17.2 Å². The molecule has 0 unspecified atom stereocenters. The van der Waals surface area contributed by atoms with Crippen LogP contribution in [0.25, 0.3) is 16.7 Å². The van der Waals surface area contributed by atoms with Crippen molar-refractivity contribution in [2.45, 2.75) is 19.7 Å². The van der Waals surface area contributed by atoms with E-state index in [1.54, 1.807) is 12.4 Å². The molecular weight excluding hydrogens is 275 g/mol. The number of aromatic nitrogens is 2. The molecule has 0 spiro atoms. The fourth-order valence-corrected chi connectivity index (χ4v) is 2.63. The van der Waals surface area contributed by atoms with Gasteiger partial charge in [0, 0.05) is 5.56 Å². The Kier molecular flexibility index (Phi) is 3.22. The van der Waals surface area contributed by atoms with Crippen molar-refractivity contribution < 1.29 is 4.39 Å². The third-order valence-electron chi connectivity index (χ3n) is 3.65. The first-order valence-corrected chi connectivity index (χ1v) is 6.93. The molecule has 0 radical (unpaired) electrons. The Morgan fingerprint density at radius 1 is 1.20 bits per heavy atom. The molecule has 0 aliphatic rings. The summed E-state index contributed by atoms with van der Waals surface area (Å²) in [5, 5.41) is 0. The molecule has 1 aromatic heterocycles. The molecule has 2 aromatic carbocycles. The van der Waals surface area contributed by atoms with Crippen LogP contribution in [0.1, 0.15) is 16.7 Å². The van der Waals surface area contributed by atoms with Gasteiger partial charge < -0.3 is 0 Å². The van der Waals surface area contributed by atoms with E-state index in [1.807, 2.05) is 16.7 Å². The highest BCUT2D eigenvalue weighted by molar-refractivity contribution is 6.17. The fraction of sp³-hybridized carbons (Fsp3) is 0.188. The number of benzene rings is 2. The summed E-state index contributed by atoms with van der Waals surface area (Å²) in [5.41, 5.74) is 5.48. The lowest BCUT2D eigenvalue weighted by atomic mass is 10.1. The van der Waals surface area contributed by atoms with E-state index in [-0.39, 0.29) is 11.7 Å². The molecule has 3 rings (SSSR count). The first-order chi connectivity index (χ1) is 9.61. The van der Waals surface area contributed by atoms with E-state index >= 15 is 0 Å². The Hall–Kier alpha value is -1.87. The Labute approximate surface area is 121 Å². The average molecular weight is 289 g/mol. The van der Waals surface area contributed by atoms with Crippen molar-refractivity contribution in [3.05, 3.63) is 59.2 Å². The van der Waals surface area contributed by atoms with Gasteiger partial charge in [-0.2, -0.15) is 0 Å². The topological polar surface area (TPSA) is 17.8 Å². The zero-order valence-corrected chi connectivity index (χ0v) is 12.1. The zero-order chi connectivity index (χ0) is 14.3. The number of aryl methyl sites for hydroxylation is 2. The SMILES string of the molecule is Cc1cc2ncn(-c3cccc(F)c3CCl)c2cc1C. The maximum atomic E-state index is 13.9. The minimum Gasteiger partial charge on any atom is -0.298 e. The van der Waals surface area contributed by atoms with E-state index in [0.29, 0.717) is 5.56 Å². The predicted molar refractivity (Wildman–Crippen MR) is 80.1 cm³/mol. The van der Waals surface area contributed by atoms with E-state index in [9.17, 15) is 4.39 Å². The second-order valence-electron chi connectivity index (χ2n) is 4.91. The first-order valence-electron chi connectivity index (χ1n) is 6.40. The van der Waals surface area contributed by atoms with E-state index < -0.39 is 0 Å². The van der Waals surface area contributed by atoms with Crippen molar-refractivity contribution in [3.63, 3.8) is 0 Å². The van der Waals surface area contributed by atoms with Crippen molar-refractivity contribution in [2.75, 3.05) is 0 Å². The molecule has 0 atom stereocenters. The Morgan fingerprint density at radius 2 is 1.95 bits per heavy atom. The number of fused-ring (bicyclic) bond motifs is 1. The minimum atomic E-state index is -0.289. The Balaban J connectivity index is 2.30. The molecule has 3 aromatic rings. The molecular formula is C16H14ClFN2. The van der Waals surface area contributed by atoms with Crippen LogP contribution < -0.4 is 0 Å². The lowest BCUT2D eigenvalue weighted by Crippen LogP contribution is -2.00. The van der Waals surface area contributed by atoms with Gasteiger partial charge >= 0.3 is 0 Å². The molecule has 102 valence electrons. The third-order valence-corrected chi connectivity index (χ3v) is 3.92. The molecule has 1 heterocycles. The Morgan fingerprint density at radius 3 is 2.70 bits per heavy atom. The molecule has 0 fully saturated rings. The maximum absolute atomic E-state index is 13.9. The summed E-state index contributed by atoms with van der Waals surface area (Å²) in [5.74, 6) is -0.157. The van der Waals surface area contributed by atoms with Crippen LogP contribution in [0.15, 0.2) is 36.7 Å². The van der Waals surface area contributed by atoms with Crippen molar-refractivity contribution in [3.8, 4) is 5.69 Å². The maximum Gasteiger partial charge on any atom is 0.129 e. The molecule has 2 nitrogen and oxygen atoms in total. The number of hydrogen-bond acceptors (Lipinski definition) is 1. The number of halogens is 2. The van der Waals surface area contributed by atoms with Crippen molar-refractivity contribution in [1.29, 1.82) is 0 Å². The molecule has 0 aliphatic heterocycles. The quantitative estimate of drug-likeness (QED) is 0.634. The minimum absolute atomic E-state index is 0.131. The summed E-state index contributed by atoms with van der Waals surface area (Å²) in [7, 11) is 0.